The van der Waals surface area contributed by atoms with Crippen molar-refractivity contribution in [2.45, 2.75) is 20.8 Å². The van der Waals surface area contributed by atoms with Crippen molar-refractivity contribution >= 4 is 10.0 Å². The summed E-state index contributed by atoms with van der Waals surface area (Å²) in [4.78, 5) is 0. The van der Waals surface area contributed by atoms with Gasteiger partial charge in [0, 0.05) is 0 Å². The number of sulfonamides is 1. The summed E-state index contributed by atoms with van der Waals surface area (Å²) in [5, 5.41) is 0. The molecule has 68 valence electrons. The van der Waals surface area contributed by atoms with Gasteiger partial charge in [-0.1, -0.05) is 0 Å². The molecule has 0 aliphatic heterocycles. The lowest BCUT2D eigenvalue weighted by Gasteiger charge is -2.32. The van der Waals surface area contributed by atoms with Gasteiger partial charge in [0.15, 0.2) is 0 Å². The number of quaternary nitrogens is 1. The molecule has 11 heavy (non-hydrogen) atoms. The molecule has 0 bridgehead atoms. The van der Waals surface area contributed by atoms with Gasteiger partial charge in [-0.15, -0.1) is 0 Å². The molecule has 0 radical (unpaired) electrons. The summed E-state index contributed by atoms with van der Waals surface area (Å²) in [5.41, 5.74) is 0. The summed E-state index contributed by atoms with van der Waals surface area (Å²) in [7, 11) is -2.94. The molecule has 0 saturated heterocycles. The van der Waals surface area contributed by atoms with Gasteiger partial charge in [-0.25, -0.2) is 3.89 Å². The van der Waals surface area contributed by atoms with Crippen LogP contribution in [0.3, 0.4) is 0 Å². The van der Waals surface area contributed by atoms with E-state index in [0.717, 1.165) is 0 Å². The zero-order chi connectivity index (χ0) is 9.12. The summed E-state index contributed by atoms with van der Waals surface area (Å²) in [5.74, 6) is 0. The first kappa shape index (κ1) is 10.9. The average Bonchev–Trinajstić information content (AvgIpc) is 1.90. The van der Waals surface area contributed by atoms with Gasteiger partial charge < -0.3 is 0 Å². The fourth-order valence-electron chi connectivity index (χ4n) is 1.37. The number of hydrogen-bond donors (Lipinski definition) is 0. The molecule has 0 fully saturated rings. The van der Waals surface area contributed by atoms with E-state index in [-0.39, 0.29) is 3.89 Å². The molecule has 0 unspecified atom stereocenters. The second-order valence-corrected chi connectivity index (χ2v) is 4.98. The van der Waals surface area contributed by atoms with Crippen LogP contribution in [0.5, 0.6) is 0 Å². The molecule has 3 nitrogen and oxygen atoms in total. The van der Waals surface area contributed by atoms with Crippen molar-refractivity contribution in [1.82, 2.24) is 0 Å². The minimum absolute atomic E-state index is 0.201. The molecule has 0 rings (SSSR count). The summed E-state index contributed by atoms with van der Waals surface area (Å²) < 4.78 is 22.8. The number of hydrogen-bond acceptors (Lipinski definition) is 2. The van der Waals surface area contributed by atoms with Crippen LogP contribution in [0, 0.1) is 0 Å². The van der Waals surface area contributed by atoms with E-state index in [9.17, 15) is 8.42 Å². The lowest BCUT2D eigenvalue weighted by molar-refractivity contribution is -0.800. The topological polar surface area (TPSA) is 34.1 Å². The van der Waals surface area contributed by atoms with Gasteiger partial charge >= 0.3 is 0 Å². The van der Waals surface area contributed by atoms with Crippen LogP contribution < -0.4 is 0 Å². The first-order chi connectivity index (χ1) is 4.93. The van der Waals surface area contributed by atoms with Crippen molar-refractivity contribution in [2.75, 3.05) is 25.9 Å². The van der Waals surface area contributed by atoms with Gasteiger partial charge in [0.1, 0.15) is 0 Å². The van der Waals surface area contributed by atoms with Crippen molar-refractivity contribution in [2.24, 2.45) is 0 Å². The highest BCUT2D eigenvalue weighted by Crippen LogP contribution is 2.12. The van der Waals surface area contributed by atoms with Crippen LogP contribution in [0.1, 0.15) is 20.8 Å². The Labute approximate surface area is 69.7 Å². The first-order valence-corrected chi connectivity index (χ1v) is 5.84. The van der Waals surface area contributed by atoms with E-state index >= 15 is 0 Å². The second-order valence-electron chi connectivity index (χ2n) is 2.74. The Morgan fingerprint density at radius 2 is 1.27 bits per heavy atom. The third kappa shape index (κ3) is 1.93. The Bertz CT molecular complexity index is 196. The van der Waals surface area contributed by atoms with Crippen molar-refractivity contribution in [1.29, 1.82) is 0 Å². The lowest BCUT2D eigenvalue weighted by Crippen LogP contribution is -2.51. The van der Waals surface area contributed by atoms with E-state index in [1.165, 1.54) is 6.26 Å². The zero-order valence-corrected chi connectivity index (χ0v) is 8.61. The molecule has 0 aromatic heterocycles. The Hall–Kier alpha value is -0.0900. The van der Waals surface area contributed by atoms with E-state index in [0.29, 0.717) is 19.6 Å². The van der Waals surface area contributed by atoms with Gasteiger partial charge in [-0.2, -0.15) is 8.42 Å². The average molecular weight is 180 g/mol. The smallest absolute Gasteiger partial charge is 0.219 e. The molecule has 0 spiro atoms. The normalized spacial score (nSPS) is 13.5. The van der Waals surface area contributed by atoms with E-state index in [4.69, 9.17) is 0 Å². The highest BCUT2D eigenvalue weighted by Gasteiger charge is 2.32. The van der Waals surface area contributed by atoms with Gasteiger partial charge in [-0.3, -0.25) is 0 Å². The summed E-state index contributed by atoms with van der Waals surface area (Å²) in [6.07, 6.45) is 1.31. The van der Waals surface area contributed by atoms with E-state index < -0.39 is 10.0 Å². The minimum Gasteiger partial charge on any atom is -0.219 e. The van der Waals surface area contributed by atoms with Gasteiger partial charge in [0.05, 0.1) is 25.9 Å². The molecule has 0 aromatic rings. The standard InChI is InChI=1S/C7H18NO2S/c1-5-8(6-2,7-3)11(4,9)10/h5-7H2,1-4H3/q+1. The Kier molecular flexibility index (Phi) is 3.51. The molecular weight excluding hydrogens is 162 g/mol. The highest BCUT2D eigenvalue weighted by atomic mass is 32.2. The largest absolute Gasteiger partial charge is 0.294 e. The van der Waals surface area contributed by atoms with Crippen LogP contribution >= 0.6 is 0 Å². The molecule has 0 aliphatic carbocycles. The highest BCUT2D eigenvalue weighted by molar-refractivity contribution is 7.85. The van der Waals surface area contributed by atoms with E-state index in [1.54, 1.807) is 0 Å². The monoisotopic (exact) mass is 180 g/mol. The fourth-order valence-corrected chi connectivity index (χ4v) is 2.78. The SMILES string of the molecule is CC[N+](CC)(CC)S(C)(=O)=O. The molecule has 0 aliphatic rings. The Morgan fingerprint density at radius 3 is 1.27 bits per heavy atom. The quantitative estimate of drug-likeness (QED) is 0.600. The maximum atomic E-state index is 11.3. The van der Waals surface area contributed by atoms with Crippen LogP contribution in [0.2, 0.25) is 0 Å². The molecular formula is C7H18NO2S+. The van der Waals surface area contributed by atoms with Crippen LogP contribution in [-0.4, -0.2) is 38.2 Å². The van der Waals surface area contributed by atoms with E-state index in [2.05, 4.69) is 0 Å². The fraction of sp³-hybridized carbons (Fsp3) is 1.00. The predicted octanol–water partition coefficient (Wildman–Crippen LogP) is 0.823. The van der Waals surface area contributed by atoms with Crippen LogP contribution in [-0.2, 0) is 10.0 Å². The predicted molar refractivity (Wildman–Crippen MR) is 46.7 cm³/mol. The maximum absolute atomic E-state index is 11.3. The minimum atomic E-state index is -2.94. The van der Waals surface area contributed by atoms with Crippen LogP contribution in [0.25, 0.3) is 0 Å². The summed E-state index contributed by atoms with van der Waals surface area (Å²) in [6, 6.07) is 0. The van der Waals surface area contributed by atoms with Crippen molar-refractivity contribution in [3.8, 4) is 0 Å². The Balaban J connectivity index is 4.86. The van der Waals surface area contributed by atoms with E-state index in [1.807, 2.05) is 20.8 Å². The maximum Gasteiger partial charge on any atom is 0.294 e. The second kappa shape index (κ2) is 3.54. The zero-order valence-electron chi connectivity index (χ0n) is 7.79. The number of rotatable bonds is 4. The molecule has 4 heteroatoms. The first-order valence-electron chi connectivity index (χ1n) is 3.99. The third-order valence-corrected chi connectivity index (χ3v) is 4.61. The van der Waals surface area contributed by atoms with Gasteiger partial charge in [0.2, 0.25) is 0 Å². The number of nitrogens with zero attached hydrogens (tertiary/aromatic N) is 1. The molecule has 0 heterocycles. The van der Waals surface area contributed by atoms with Crippen LogP contribution in [0.15, 0.2) is 0 Å². The molecule has 0 aromatic carbocycles. The van der Waals surface area contributed by atoms with Crippen molar-refractivity contribution in [3.05, 3.63) is 0 Å². The summed E-state index contributed by atoms with van der Waals surface area (Å²) in [6.45, 7) is 7.71. The molecule has 0 saturated carbocycles. The van der Waals surface area contributed by atoms with Crippen LogP contribution in [0.4, 0.5) is 0 Å². The third-order valence-electron chi connectivity index (χ3n) is 2.43. The summed E-state index contributed by atoms with van der Waals surface area (Å²) >= 11 is 0. The molecule has 0 N–H and O–H groups in total. The Morgan fingerprint density at radius 1 is 1.00 bits per heavy atom. The van der Waals surface area contributed by atoms with Gasteiger partial charge in [0.25, 0.3) is 10.0 Å². The van der Waals surface area contributed by atoms with Crippen molar-refractivity contribution < 1.29 is 12.3 Å². The lowest BCUT2D eigenvalue weighted by atomic mass is 10.5. The molecule has 0 amide bonds. The molecule has 0 atom stereocenters. The van der Waals surface area contributed by atoms with Crippen molar-refractivity contribution in [3.63, 3.8) is 0 Å². The van der Waals surface area contributed by atoms with Gasteiger partial charge in [-0.05, 0) is 20.8 Å².